The lowest BCUT2D eigenvalue weighted by Crippen LogP contribution is -2.40. The maximum Gasteiger partial charge on any atom is 0.254 e. The summed E-state index contributed by atoms with van der Waals surface area (Å²) in [5, 5.41) is 8.04. The van der Waals surface area contributed by atoms with Gasteiger partial charge >= 0.3 is 0 Å². The molecule has 7 nitrogen and oxygen atoms in total. The molecule has 1 fully saturated rings. The number of aromatic nitrogens is 2. The van der Waals surface area contributed by atoms with Crippen molar-refractivity contribution in [2.45, 2.75) is 18.9 Å². The minimum absolute atomic E-state index is 0.00904. The fraction of sp³-hybridized carbons (Fsp3) is 0.240. The van der Waals surface area contributed by atoms with E-state index in [-0.39, 0.29) is 17.9 Å². The highest BCUT2D eigenvalue weighted by atomic mass is 35.5. The van der Waals surface area contributed by atoms with E-state index in [1.165, 1.54) is 6.08 Å². The fourth-order valence-electron chi connectivity index (χ4n) is 3.94. The molecule has 0 spiro atoms. The molecule has 170 valence electrons. The second-order valence-electron chi connectivity index (χ2n) is 7.82. The summed E-state index contributed by atoms with van der Waals surface area (Å²) in [4.78, 5) is 26.4. The van der Waals surface area contributed by atoms with Crippen LogP contribution in [0.3, 0.4) is 0 Å². The van der Waals surface area contributed by atoms with Crippen molar-refractivity contribution in [3.05, 3.63) is 78.0 Å². The van der Waals surface area contributed by atoms with Crippen molar-refractivity contribution < 1.29 is 14.3 Å². The molecule has 1 saturated heterocycles. The van der Waals surface area contributed by atoms with Gasteiger partial charge in [-0.25, -0.2) is 0 Å². The van der Waals surface area contributed by atoms with Crippen LogP contribution in [0.15, 0.2) is 67.4 Å². The number of carbonyl (C=O) groups excluding carboxylic acids is 2. The molecule has 1 unspecified atom stereocenters. The van der Waals surface area contributed by atoms with Gasteiger partial charge in [-0.1, -0.05) is 24.2 Å². The number of benzene rings is 2. The molecule has 4 rings (SSSR count). The summed E-state index contributed by atoms with van der Waals surface area (Å²) in [6, 6.07) is 14.6. The van der Waals surface area contributed by atoms with Crippen LogP contribution in [0.1, 0.15) is 29.2 Å². The number of amides is 2. The molecule has 2 aromatic carbocycles. The zero-order valence-electron chi connectivity index (χ0n) is 18.3. The highest BCUT2D eigenvalue weighted by Crippen LogP contribution is 2.30. The SMILES string of the molecule is C=CC(=O)N1CCCC(n2cc(C(=O)NC)c(-c3ccc(Oc4cccc(Cl)c4)cc3)n2)C1. The number of likely N-dealkylation sites (tertiary alicyclic amines) is 1. The van der Waals surface area contributed by atoms with Crippen LogP contribution >= 0.6 is 11.6 Å². The molecule has 0 bridgehead atoms. The lowest BCUT2D eigenvalue weighted by atomic mass is 10.1. The van der Waals surface area contributed by atoms with Crippen molar-refractivity contribution >= 4 is 23.4 Å². The first-order valence-electron chi connectivity index (χ1n) is 10.7. The first kappa shape index (κ1) is 22.6. The lowest BCUT2D eigenvalue weighted by Gasteiger charge is -2.32. The standard InChI is InChI=1S/C25H25ClN4O3/c1-3-23(31)29-13-5-7-19(15-29)30-16-22(25(32)27-2)24(28-30)17-9-11-20(12-10-17)33-21-8-4-6-18(26)14-21/h3-4,6,8-12,14,16,19H,1,5,7,13,15H2,2H3,(H,27,32). The first-order chi connectivity index (χ1) is 16.0. The molecule has 2 amide bonds. The van der Waals surface area contributed by atoms with Crippen molar-refractivity contribution in [2.75, 3.05) is 20.1 Å². The van der Waals surface area contributed by atoms with Gasteiger partial charge in [0.05, 0.1) is 11.6 Å². The number of nitrogens with one attached hydrogen (secondary N) is 1. The van der Waals surface area contributed by atoms with Gasteiger partial charge in [0.25, 0.3) is 5.91 Å². The molecule has 0 aliphatic carbocycles. The summed E-state index contributed by atoms with van der Waals surface area (Å²) in [6.45, 7) is 4.81. The number of piperidine rings is 1. The second kappa shape index (κ2) is 9.92. The van der Waals surface area contributed by atoms with E-state index in [1.54, 1.807) is 35.0 Å². The number of hydrogen-bond donors (Lipinski definition) is 1. The van der Waals surface area contributed by atoms with E-state index >= 15 is 0 Å². The van der Waals surface area contributed by atoms with Crippen molar-refractivity contribution in [1.82, 2.24) is 20.0 Å². The van der Waals surface area contributed by atoms with Gasteiger partial charge in [0.1, 0.15) is 17.2 Å². The third kappa shape index (κ3) is 5.09. The Morgan fingerprint density at radius 2 is 2.00 bits per heavy atom. The summed E-state index contributed by atoms with van der Waals surface area (Å²) in [5.74, 6) is 0.980. The number of nitrogens with zero attached hydrogens (tertiary/aromatic N) is 3. The maximum atomic E-state index is 12.6. The Morgan fingerprint density at radius 3 is 2.70 bits per heavy atom. The molecular formula is C25H25ClN4O3. The highest BCUT2D eigenvalue weighted by molar-refractivity contribution is 6.30. The van der Waals surface area contributed by atoms with E-state index in [0.29, 0.717) is 40.9 Å². The van der Waals surface area contributed by atoms with Crippen molar-refractivity contribution in [2.24, 2.45) is 0 Å². The minimum atomic E-state index is -0.217. The van der Waals surface area contributed by atoms with Crippen LogP contribution in [0, 0.1) is 0 Å². The third-order valence-electron chi connectivity index (χ3n) is 5.62. The van der Waals surface area contributed by atoms with Crippen LogP contribution in [0.2, 0.25) is 5.02 Å². The number of rotatable bonds is 6. The van der Waals surface area contributed by atoms with E-state index in [1.807, 2.05) is 36.4 Å². The monoisotopic (exact) mass is 464 g/mol. The third-order valence-corrected chi connectivity index (χ3v) is 5.86. The predicted octanol–water partition coefficient (Wildman–Crippen LogP) is 4.70. The molecule has 1 aliphatic rings. The predicted molar refractivity (Wildman–Crippen MR) is 128 cm³/mol. The van der Waals surface area contributed by atoms with Gasteiger partial charge in [-0.15, -0.1) is 0 Å². The fourth-order valence-corrected chi connectivity index (χ4v) is 4.12. The smallest absolute Gasteiger partial charge is 0.254 e. The highest BCUT2D eigenvalue weighted by Gasteiger charge is 2.26. The van der Waals surface area contributed by atoms with Gasteiger partial charge in [-0.05, 0) is 61.4 Å². The van der Waals surface area contributed by atoms with Crippen molar-refractivity contribution in [3.8, 4) is 22.8 Å². The zero-order valence-corrected chi connectivity index (χ0v) is 19.1. The molecule has 0 saturated carbocycles. The molecule has 0 radical (unpaired) electrons. The Hall–Kier alpha value is -3.58. The number of halogens is 1. The summed E-state index contributed by atoms with van der Waals surface area (Å²) in [7, 11) is 1.59. The minimum Gasteiger partial charge on any atom is -0.457 e. The number of carbonyl (C=O) groups is 2. The number of hydrogen-bond acceptors (Lipinski definition) is 4. The van der Waals surface area contributed by atoms with Gasteiger partial charge in [0, 0.05) is 36.9 Å². The maximum absolute atomic E-state index is 12.6. The molecule has 2 heterocycles. The summed E-state index contributed by atoms with van der Waals surface area (Å²) in [6.07, 6.45) is 4.84. The van der Waals surface area contributed by atoms with E-state index in [4.69, 9.17) is 21.4 Å². The van der Waals surface area contributed by atoms with Crippen LogP contribution in [0.5, 0.6) is 11.5 Å². The molecule has 3 aromatic rings. The Morgan fingerprint density at radius 1 is 1.21 bits per heavy atom. The zero-order chi connectivity index (χ0) is 23.4. The summed E-state index contributed by atoms with van der Waals surface area (Å²) < 4.78 is 7.66. The van der Waals surface area contributed by atoms with Gasteiger partial charge in [0.2, 0.25) is 5.91 Å². The van der Waals surface area contributed by atoms with Crippen molar-refractivity contribution in [3.63, 3.8) is 0 Å². The van der Waals surface area contributed by atoms with Crippen LogP contribution in [0.4, 0.5) is 0 Å². The van der Waals surface area contributed by atoms with Gasteiger partial charge < -0.3 is 15.0 Å². The number of ether oxygens (including phenoxy) is 1. The molecule has 33 heavy (non-hydrogen) atoms. The second-order valence-corrected chi connectivity index (χ2v) is 8.26. The molecule has 8 heteroatoms. The average Bonchev–Trinajstić information content (AvgIpc) is 3.29. The van der Waals surface area contributed by atoms with Crippen LogP contribution in [-0.4, -0.2) is 46.6 Å². The molecule has 1 N–H and O–H groups in total. The quantitative estimate of drug-likeness (QED) is 0.536. The first-order valence-corrected chi connectivity index (χ1v) is 11.1. The van der Waals surface area contributed by atoms with Crippen molar-refractivity contribution in [1.29, 1.82) is 0 Å². The van der Waals surface area contributed by atoms with Gasteiger partial charge in [-0.2, -0.15) is 5.10 Å². The van der Waals surface area contributed by atoms with Gasteiger partial charge in [0.15, 0.2) is 0 Å². The topological polar surface area (TPSA) is 76.5 Å². The van der Waals surface area contributed by atoms with E-state index in [2.05, 4.69) is 11.9 Å². The largest absolute Gasteiger partial charge is 0.457 e. The molecule has 1 aromatic heterocycles. The normalized spacial score (nSPS) is 15.7. The lowest BCUT2D eigenvalue weighted by molar-refractivity contribution is -0.127. The van der Waals surface area contributed by atoms with E-state index in [9.17, 15) is 9.59 Å². The van der Waals surface area contributed by atoms with Crippen LogP contribution in [0.25, 0.3) is 11.3 Å². The van der Waals surface area contributed by atoms with E-state index in [0.717, 1.165) is 18.4 Å². The van der Waals surface area contributed by atoms with Crippen LogP contribution in [-0.2, 0) is 4.79 Å². The summed E-state index contributed by atoms with van der Waals surface area (Å²) >= 11 is 6.02. The molecule has 1 aliphatic heterocycles. The Kier molecular flexibility index (Phi) is 6.79. The Labute approximate surface area is 197 Å². The van der Waals surface area contributed by atoms with E-state index < -0.39 is 0 Å². The average molecular weight is 465 g/mol. The summed E-state index contributed by atoms with van der Waals surface area (Å²) in [5.41, 5.74) is 1.85. The Bertz CT molecular complexity index is 1170. The molecular weight excluding hydrogens is 440 g/mol. The Balaban J connectivity index is 1.60. The van der Waals surface area contributed by atoms with Gasteiger partial charge in [-0.3, -0.25) is 14.3 Å². The van der Waals surface area contributed by atoms with Crippen LogP contribution < -0.4 is 10.1 Å². The molecule has 1 atom stereocenters.